The van der Waals surface area contributed by atoms with E-state index in [1.807, 2.05) is 25.1 Å². The summed E-state index contributed by atoms with van der Waals surface area (Å²) < 4.78 is 19.0. The van der Waals surface area contributed by atoms with E-state index in [2.05, 4.69) is 16.7 Å². The average molecular weight is 420 g/mol. The van der Waals surface area contributed by atoms with E-state index in [-0.39, 0.29) is 0 Å². The van der Waals surface area contributed by atoms with Crippen molar-refractivity contribution in [3.05, 3.63) is 89.5 Å². The second-order valence-electron chi connectivity index (χ2n) is 6.95. The molecular weight excluding hydrogens is 400 g/mol. The fourth-order valence-corrected chi connectivity index (χ4v) is 4.52. The third-order valence-corrected chi connectivity index (χ3v) is 6.20. The van der Waals surface area contributed by atoms with Crippen molar-refractivity contribution < 1.29 is 18.5 Å². The van der Waals surface area contributed by atoms with Crippen LogP contribution in [0.5, 0.6) is 5.75 Å². The highest BCUT2D eigenvalue weighted by Gasteiger charge is 2.33. The lowest BCUT2D eigenvalue weighted by molar-refractivity contribution is -0.120. The summed E-state index contributed by atoms with van der Waals surface area (Å²) >= 11 is 0. The zero-order chi connectivity index (χ0) is 21.1. The number of aryl methyl sites for hydroxylation is 1. The van der Waals surface area contributed by atoms with Crippen molar-refractivity contribution >= 4 is 22.7 Å². The lowest BCUT2D eigenvalue weighted by Crippen LogP contribution is -2.22. The monoisotopic (exact) mass is 420 g/mol. The van der Waals surface area contributed by atoms with Crippen LogP contribution in [0.15, 0.2) is 82.6 Å². The molecule has 1 aliphatic rings. The number of amides is 3. The lowest BCUT2D eigenvalue weighted by atomic mass is 10.1. The van der Waals surface area contributed by atoms with Gasteiger partial charge in [-0.3, -0.25) is 10.1 Å². The van der Waals surface area contributed by atoms with Crippen molar-refractivity contribution in [3.63, 3.8) is 0 Å². The number of ether oxygens (including phenoxy) is 1. The van der Waals surface area contributed by atoms with E-state index in [1.54, 1.807) is 48.5 Å². The van der Waals surface area contributed by atoms with Gasteiger partial charge in [0.05, 0.1) is 10.8 Å². The first-order valence-corrected chi connectivity index (χ1v) is 10.6. The van der Waals surface area contributed by atoms with E-state index in [9.17, 15) is 13.8 Å². The molecule has 6 nitrogen and oxygen atoms in total. The normalized spacial score (nSPS) is 16.6. The summed E-state index contributed by atoms with van der Waals surface area (Å²) in [6.45, 7) is 2.48. The third kappa shape index (κ3) is 4.26. The molecule has 1 saturated heterocycles. The molecule has 0 aromatic heterocycles. The van der Waals surface area contributed by atoms with Crippen LogP contribution in [0, 0.1) is 6.92 Å². The second-order valence-corrected chi connectivity index (χ2v) is 8.40. The third-order valence-electron chi connectivity index (χ3n) is 4.73. The van der Waals surface area contributed by atoms with Gasteiger partial charge in [0, 0.05) is 15.4 Å². The molecule has 2 unspecified atom stereocenters. The van der Waals surface area contributed by atoms with Crippen LogP contribution in [0.25, 0.3) is 0 Å². The molecule has 3 aromatic carbocycles. The molecule has 1 fully saturated rings. The van der Waals surface area contributed by atoms with Crippen LogP contribution in [0.2, 0.25) is 0 Å². The first-order valence-electron chi connectivity index (χ1n) is 9.42. The maximum atomic E-state index is 13.2. The van der Waals surface area contributed by atoms with Crippen LogP contribution in [-0.4, -0.2) is 16.1 Å². The average Bonchev–Trinajstić information content (AvgIpc) is 3.10. The zero-order valence-corrected chi connectivity index (χ0v) is 17.1. The maximum Gasteiger partial charge on any atom is 0.322 e. The minimum absolute atomic E-state index is 0.448. The van der Waals surface area contributed by atoms with Gasteiger partial charge in [-0.2, -0.15) is 0 Å². The number of imide groups is 1. The van der Waals surface area contributed by atoms with E-state index in [4.69, 9.17) is 4.74 Å². The van der Waals surface area contributed by atoms with Gasteiger partial charge in [0.2, 0.25) is 0 Å². The molecule has 0 radical (unpaired) electrons. The number of rotatable bonds is 6. The van der Waals surface area contributed by atoms with E-state index in [1.165, 1.54) is 5.56 Å². The lowest BCUT2D eigenvalue weighted by Gasteiger charge is -2.13. The highest BCUT2D eigenvalue weighted by Crippen LogP contribution is 2.28. The Morgan fingerprint density at radius 3 is 2.43 bits per heavy atom. The van der Waals surface area contributed by atoms with Crippen LogP contribution in [0.4, 0.5) is 4.79 Å². The SMILES string of the molecule is Cc1cccc(COc2ccc(S(=O)c3ccccc3C3NC(=O)NC3=O)cc2)c1. The van der Waals surface area contributed by atoms with Gasteiger partial charge in [0.15, 0.2) is 0 Å². The summed E-state index contributed by atoms with van der Waals surface area (Å²) in [7, 11) is -1.52. The van der Waals surface area contributed by atoms with Gasteiger partial charge in [-0.05, 0) is 42.8 Å². The van der Waals surface area contributed by atoms with E-state index in [0.29, 0.717) is 27.7 Å². The number of benzene rings is 3. The van der Waals surface area contributed by atoms with Crippen LogP contribution in [0.3, 0.4) is 0 Å². The Morgan fingerprint density at radius 1 is 0.967 bits per heavy atom. The Labute approximate surface area is 176 Å². The van der Waals surface area contributed by atoms with Crippen LogP contribution in [0.1, 0.15) is 22.7 Å². The summed E-state index contributed by atoms with van der Waals surface area (Å²) in [5.74, 6) is 0.220. The standard InChI is InChI=1S/C23H20N2O4S/c1-15-5-4-6-16(13-15)14-29-17-9-11-18(12-10-17)30(28)20-8-3-2-7-19(20)21-22(26)25-23(27)24-21/h2-13,21H,14H2,1H3,(H2,24,25,26,27). The highest BCUT2D eigenvalue weighted by molar-refractivity contribution is 7.85. The van der Waals surface area contributed by atoms with Crippen LogP contribution < -0.4 is 15.4 Å². The Balaban J connectivity index is 1.51. The first-order chi connectivity index (χ1) is 14.5. The quantitative estimate of drug-likeness (QED) is 0.597. The Morgan fingerprint density at radius 2 is 1.73 bits per heavy atom. The number of urea groups is 1. The maximum absolute atomic E-state index is 13.2. The van der Waals surface area contributed by atoms with Gasteiger partial charge in [-0.15, -0.1) is 0 Å². The summed E-state index contributed by atoms with van der Waals surface area (Å²) in [6.07, 6.45) is 0. The summed E-state index contributed by atoms with van der Waals surface area (Å²) in [6, 6.07) is 20.6. The van der Waals surface area contributed by atoms with Gasteiger partial charge >= 0.3 is 6.03 Å². The van der Waals surface area contributed by atoms with Crippen molar-refractivity contribution in [2.45, 2.75) is 29.4 Å². The van der Waals surface area contributed by atoms with Crippen molar-refractivity contribution in [2.75, 3.05) is 0 Å². The molecular formula is C23H20N2O4S. The number of hydrogen-bond acceptors (Lipinski definition) is 4. The van der Waals surface area contributed by atoms with Crippen LogP contribution in [-0.2, 0) is 22.2 Å². The molecule has 3 aromatic rings. The number of hydrogen-bond donors (Lipinski definition) is 2. The Bertz CT molecular complexity index is 1130. The molecule has 1 aliphatic heterocycles. The predicted molar refractivity (Wildman–Crippen MR) is 112 cm³/mol. The summed E-state index contributed by atoms with van der Waals surface area (Å²) in [5.41, 5.74) is 2.76. The minimum Gasteiger partial charge on any atom is -0.489 e. The molecule has 30 heavy (non-hydrogen) atoms. The molecule has 2 N–H and O–H groups in total. The Hall–Kier alpha value is -3.45. The van der Waals surface area contributed by atoms with E-state index in [0.717, 1.165) is 5.56 Å². The fraction of sp³-hybridized carbons (Fsp3) is 0.130. The molecule has 7 heteroatoms. The number of carbonyl (C=O) groups is 2. The molecule has 3 amide bonds. The van der Waals surface area contributed by atoms with Crippen molar-refractivity contribution in [2.24, 2.45) is 0 Å². The molecule has 0 bridgehead atoms. The fourth-order valence-electron chi connectivity index (χ4n) is 3.28. The second kappa shape index (κ2) is 8.51. The van der Waals surface area contributed by atoms with Crippen molar-refractivity contribution in [3.8, 4) is 5.75 Å². The molecule has 0 spiro atoms. The molecule has 4 rings (SSSR count). The smallest absolute Gasteiger partial charge is 0.322 e. The Kier molecular flexibility index (Phi) is 5.63. The van der Waals surface area contributed by atoms with Gasteiger partial charge in [0.25, 0.3) is 5.91 Å². The summed E-state index contributed by atoms with van der Waals surface area (Å²) in [5, 5.41) is 4.76. The minimum atomic E-state index is -1.52. The predicted octanol–water partition coefficient (Wildman–Crippen LogP) is 3.62. The zero-order valence-electron chi connectivity index (χ0n) is 16.3. The van der Waals surface area contributed by atoms with E-state index >= 15 is 0 Å². The number of carbonyl (C=O) groups excluding carboxylic acids is 2. The topological polar surface area (TPSA) is 84.5 Å². The molecule has 0 saturated carbocycles. The first kappa shape index (κ1) is 19.8. The van der Waals surface area contributed by atoms with Crippen molar-refractivity contribution in [1.82, 2.24) is 10.6 Å². The highest BCUT2D eigenvalue weighted by atomic mass is 32.2. The van der Waals surface area contributed by atoms with Gasteiger partial charge in [-0.1, -0.05) is 48.0 Å². The van der Waals surface area contributed by atoms with Gasteiger partial charge in [0.1, 0.15) is 18.4 Å². The van der Waals surface area contributed by atoms with Gasteiger partial charge < -0.3 is 10.1 Å². The number of nitrogens with one attached hydrogen (secondary N) is 2. The molecule has 1 heterocycles. The van der Waals surface area contributed by atoms with E-state index < -0.39 is 28.8 Å². The largest absolute Gasteiger partial charge is 0.489 e. The van der Waals surface area contributed by atoms with Crippen molar-refractivity contribution in [1.29, 1.82) is 0 Å². The van der Waals surface area contributed by atoms with Gasteiger partial charge in [-0.25, -0.2) is 9.00 Å². The summed E-state index contributed by atoms with van der Waals surface area (Å²) in [4.78, 5) is 24.6. The van der Waals surface area contributed by atoms with Crippen LogP contribution >= 0.6 is 0 Å². The molecule has 2 atom stereocenters. The molecule has 152 valence electrons. The molecule has 0 aliphatic carbocycles.